The maximum atomic E-state index is 11.6. The monoisotopic (exact) mass is 292 g/mol. The van der Waals surface area contributed by atoms with E-state index >= 15 is 0 Å². The van der Waals surface area contributed by atoms with Gasteiger partial charge in [0.15, 0.2) is 0 Å². The van der Waals surface area contributed by atoms with Gasteiger partial charge in [0, 0.05) is 25.0 Å². The van der Waals surface area contributed by atoms with Crippen LogP contribution in [0.2, 0.25) is 0 Å². The molecule has 1 aliphatic rings. The second kappa shape index (κ2) is 8.00. The van der Waals surface area contributed by atoms with Gasteiger partial charge in [-0.2, -0.15) is 0 Å². The molecule has 116 valence electrons. The molecule has 5 heteroatoms. The van der Waals surface area contributed by atoms with Gasteiger partial charge in [-0.15, -0.1) is 0 Å². The number of benzene rings is 1. The highest BCUT2D eigenvalue weighted by Gasteiger charge is 2.15. The molecule has 1 aromatic carbocycles. The summed E-state index contributed by atoms with van der Waals surface area (Å²) in [7, 11) is 1.75. The highest BCUT2D eigenvalue weighted by atomic mass is 16.5. The highest BCUT2D eigenvalue weighted by Crippen LogP contribution is 2.24. The maximum Gasteiger partial charge on any atom is 0.238 e. The van der Waals surface area contributed by atoms with Gasteiger partial charge in [-0.05, 0) is 44.4 Å². The molecular weight excluding hydrogens is 268 g/mol. The van der Waals surface area contributed by atoms with Crippen LogP contribution in [-0.2, 0) is 9.53 Å². The van der Waals surface area contributed by atoms with Gasteiger partial charge in [0.05, 0.1) is 13.2 Å². The summed E-state index contributed by atoms with van der Waals surface area (Å²) in [6, 6.07) is 5.75. The van der Waals surface area contributed by atoms with E-state index in [1.165, 1.54) is 0 Å². The van der Waals surface area contributed by atoms with Crippen molar-refractivity contribution in [3.05, 3.63) is 23.8 Å². The third-order valence-corrected chi connectivity index (χ3v) is 3.62. The highest BCUT2D eigenvalue weighted by molar-refractivity contribution is 5.92. The van der Waals surface area contributed by atoms with Crippen LogP contribution >= 0.6 is 0 Å². The van der Waals surface area contributed by atoms with E-state index < -0.39 is 0 Å². The number of carbonyl (C=O) groups excluding carboxylic acids is 1. The van der Waals surface area contributed by atoms with Crippen LogP contribution in [0, 0.1) is 12.8 Å². The van der Waals surface area contributed by atoms with Crippen LogP contribution in [0.5, 0.6) is 5.75 Å². The Hall–Kier alpha value is -1.59. The summed E-state index contributed by atoms with van der Waals surface area (Å²) in [4.78, 5) is 11.6. The van der Waals surface area contributed by atoms with Crippen molar-refractivity contribution in [1.82, 2.24) is 5.32 Å². The fourth-order valence-electron chi connectivity index (χ4n) is 2.32. The number of nitrogens with one attached hydrogen (secondary N) is 2. The van der Waals surface area contributed by atoms with Gasteiger partial charge in [-0.25, -0.2) is 0 Å². The van der Waals surface area contributed by atoms with Gasteiger partial charge in [-0.3, -0.25) is 4.79 Å². The molecule has 2 N–H and O–H groups in total. The predicted octanol–water partition coefficient (Wildman–Crippen LogP) is 1.96. The van der Waals surface area contributed by atoms with Gasteiger partial charge in [0.1, 0.15) is 5.75 Å². The van der Waals surface area contributed by atoms with E-state index in [-0.39, 0.29) is 5.91 Å². The lowest BCUT2D eigenvalue weighted by Gasteiger charge is -2.22. The lowest BCUT2D eigenvalue weighted by Crippen LogP contribution is -2.25. The summed E-state index contributed by atoms with van der Waals surface area (Å²) in [6.07, 6.45) is 2.11. The summed E-state index contributed by atoms with van der Waals surface area (Å²) in [5.41, 5.74) is 1.84. The quantitative estimate of drug-likeness (QED) is 0.841. The van der Waals surface area contributed by atoms with Crippen molar-refractivity contribution in [1.29, 1.82) is 0 Å². The molecule has 1 heterocycles. The Morgan fingerprint density at radius 1 is 1.38 bits per heavy atom. The number of aryl methyl sites for hydroxylation is 1. The molecule has 1 aromatic rings. The average Bonchev–Trinajstić information content (AvgIpc) is 2.49. The van der Waals surface area contributed by atoms with E-state index in [1.54, 1.807) is 7.05 Å². The Morgan fingerprint density at radius 3 is 2.86 bits per heavy atom. The molecule has 0 bridgehead atoms. The zero-order chi connectivity index (χ0) is 15.1. The Bertz CT molecular complexity index is 471. The van der Waals surface area contributed by atoms with E-state index in [0.29, 0.717) is 19.1 Å². The smallest absolute Gasteiger partial charge is 0.238 e. The number of anilines is 1. The van der Waals surface area contributed by atoms with Crippen LogP contribution in [0.25, 0.3) is 0 Å². The van der Waals surface area contributed by atoms with E-state index in [9.17, 15) is 4.79 Å². The van der Waals surface area contributed by atoms with Gasteiger partial charge in [0.25, 0.3) is 0 Å². The summed E-state index contributed by atoms with van der Waals surface area (Å²) in [6.45, 7) is 4.67. The first-order valence-electron chi connectivity index (χ1n) is 7.44. The molecule has 0 aliphatic carbocycles. The molecule has 0 atom stereocenters. The van der Waals surface area contributed by atoms with Crippen LogP contribution in [0.15, 0.2) is 18.2 Å². The molecule has 1 saturated heterocycles. The molecule has 2 rings (SSSR count). The van der Waals surface area contributed by atoms with E-state index in [1.807, 2.05) is 25.1 Å². The number of hydrogen-bond acceptors (Lipinski definition) is 4. The van der Waals surface area contributed by atoms with Crippen LogP contribution in [0.3, 0.4) is 0 Å². The largest absolute Gasteiger partial charge is 0.493 e. The van der Waals surface area contributed by atoms with Crippen molar-refractivity contribution in [2.75, 3.05) is 38.7 Å². The molecule has 1 amide bonds. The minimum absolute atomic E-state index is 0.0586. The zero-order valence-corrected chi connectivity index (χ0v) is 12.8. The van der Waals surface area contributed by atoms with Crippen molar-refractivity contribution in [3.8, 4) is 5.75 Å². The molecule has 5 nitrogen and oxygen atoms in total. The Morgan fingerprint density at radius 2 is 2.14 bits per heavy atom. The molecule has 1 aliphatic heterocycles. The number of rotatable bonds is 6. The second-order valence-corrected chi connectivity index (χ2v) is 5.43. The van der Waals surface area contributed by atoms with Crippen LogP contribution in [0.4, 0.5) is 5.69 Å². The Kier molecular flexibility index (Phi) is 6.02. The lowest BCUT2D eigenvalue weighted by molar-refractivity contribution is -0.115. The lowest BCUT2D eigenvalue weighted by atomic mass is 10.0. The molecule has 0 aromatic heterocycles. The van der Waals surface area contributed by atoms with Crippen LogP contribution < -0.4 is 15.4 Å². The van der Waals surface area contributed by atoms with E-state index in [2.05, 4.69) is 10.6 Å². The molecule has 0 unspecified atom stereocenters. The molecule has 21 heavy (non-hydrogen) atoms. The molecule has 0 saturated carbocycles. The van der Waals surface area contributed by atoms with Gasteiger partial charge >= 0.3 is 0 Å². The van der Waals surface area contributed by atoms with Crippen LogP contribution in [-0.4, -0.2) is 39.3 Å². The SMILES string of the molecule is CNCC(=O)Nc1ccc(C)c(OCC2CCOCC2)c1. The fraction of sp³-hybridized carbons (Fsp3) is 0.562. The number of hydrogen-bond donors (Lipinski definition) is 2. The van der Waals surface area contributed by atoms with Gasteiger partial charge in [-0.1, -0.05) is 6.07 Å². The summed E-state index contributed by atoms with van der Waals surface area (Å²) < 4.78 is 11.3. The normalized spacial score (nSPS) is 15.7. The molecule has 0 radical (unpaired) electrons. The first kappa shape index (κ1) is 15.8. The van der Waals surface area contributed by atoms with E-state index in [0.717, 1.165) is 43.1 Å². The van der Waals surface area contributed by atoms with Gasteiger partial charge in [0.2, 0.25) is 5.91 Å². The summed E-state index contributed by atoms with van der Waals surface area (Å²) >= 11 is 0. The second-order valence-electron chi connectivity index (χ2n) is 5.43. The van der Waals surface area contributed by atoms with Crippen molar-refractivity contribution >= 4 is 11.6 Å². The van der Waals surface area contributed by atoms with Crippen LogP contribution in [0.1, 0.15) is 18.4 Å². The average molecular weight is 292 g/mol. The molecular formula is C16H24N2O3. The van der Waals surface area contributed by atoms with Crippen molar-refractivity contribution < 1.29 is 14.3 Å². The summed E-state index contributed by atoms with van der Waals surface area (Å²) in [5.74, 6) is 1.33. The first-order valence-corrected chi connectivity index (χ1v) is 7.44. The van der Waals surface area contributed by atoms with E-state index in [4.69, 9.17) is 9.47 Å². The zero-order valence-electron chi connectivity index (χ0n) is 12.8. The van der Waals surface area contributed by atoms with Crippen molar-refractivity contribution in [2.45, 2.75) is 19.8 Å². The number of ether oxygens (including phenoxy) is 2. The minimum Gasteiger partial charge on any atom is -0.493 e. The predicted molar refractivity (Wildman–Crippen MR) is 82.8 cm³/mol. The maximum absolute atomic E-state index is 11.6. The Labute approximate surface area is 126 Å². The number of amides is 1. The third kappa shape index (κ3) is 5.02. The number of likely N-dealkylation sites (N-methyl/N-ethyl adjacent to an activating group) is 1. The molecule has 0 spiro atoms. The Balaban J connectivity index is 1.93. The van der Waals surface area contributed by atoms with Gasteiger partial charge < -0.3 is 20.1 Å². The topological polar surface area (TPSA) is 59.6 Å². The third-order valence-electron chi connectivity index (χ3n) is 3.62. The molecule has 1 fully saturated rings. The number of carbonyl (C=O) groups is 1. The first-order chi connectivity index (χ1) is 10.2. The van der Waals surface area contributed by atoms with Crippen molar-refractivity contribution in [3.63, 3.8) is 0 Å². The standard InChI is InChI=1S/C16H24N2O3/c1-12-3-4-14(18-16(19)10-17-2)9-15(12)21-11-13-5-7-20-8-6-13/h3-4,9,13,17H,5-8,10-11H2,1-2H3,(H,18,19). The van der Waals surface area contributed by atoms with Crippen molar-refractivity contribution in [2.24, 2.45) is 5.92 Å². The fourth-order valence-corrected chi connectivity index (χ4v) is 2.32. The minimum atomic E-state index is -0.0586. The summed E-state index contributed by atoms with van der Waals surface area (Å²) in [5, 5.41) is 5.67.